The van der Waals surface area contributed by atoms with Crippen LogP contribution in [-0.4, -0.2) is 25.5 Å². The summed E-state index contributed by atoms with van der Waals surface area (Å²) in [6.45, 7) is 9.29. The van der Waals surface area contributed by atoms with Crippen molar-refractivity contribution in [2.75, 3.05) is 13.7 Å². The first-order valence-electron chi connectivity index (χ1n) is 9.94. The molecule has 1 atom stereocenters. The molecule has 0 saturated heterocycles. The molecular weight excluding hydrogens is 378 g/mol. The number of ether oxygens (including phenoxy) is 2. The fourth-order valence-corrected chi connectivity index (χ4v) is 3.91. The highest BCUT2D eigenvalue weighted by atomic mass is 16.5. The van der Waals surface area contributed by atoms with Gasteiger partial charge in [-0.05, 0) is 30.5 Å². The number of carbonyl (C=O) groups is 2. The quantitative estimate of drug-likeness (QED) is 0.534. The van der Waals surface area contributed by atoms with Crippen molar-refractivity contribution in [3.05, 3.63) is 89.3 Å². The smallest absolute Gasteiger partial charge is 0.336 e. The summed E-state index contributed by atoms with van der Waals surface area (Å²) in [6, 6.07) is 7.79. The minimum absolute atomic E-state index is 0.0420. The fraction of sp³-hybridized carbons (Fsp3) is 0.280. The van der Waals surface area contributed by atoms with Crippen LogP contribution in [0.25, 0.3) is 0 Å². The number of benzene rings is 1. The Bertz CT molecular complexity index is 981. The van der Waals surface area contributed by atoms with Crippen molar-refractivity contribution < 1.29 is 19.1 Å². The Hall–Kier alpha value is -3.34. The van der Waals surface area contributed by atoms with Gasteiger partial charge < -0.3 is 14.8 Å². The van der Waals surface area contributed by atoms with Crippen LogP contribution in [-0.2, 0) is 14.3 Å². The zero-order valence-corrected chi connectivity index (χ0v) is 17.5. The molecule has 3 rings (SSSR count). The third kappa shape index (κ3) is 4.46. The van der Waals surface area contributed by atoms with Crippen molar-refractivity contribution in [2.24, 2.45) is 0 Å². The van der Waals surface area contributed by atoms with E-state index in [2.05, 4.69) is 18.5 Å². The van der Waals surface area contributed by atoms with Crippen LogP contribution in [0, 0.1) is 0 Å². The van der Waals surface area contributed by atoms with Gasteiger partial charge in [0.15, 0.2) is 5.78 Å². The number of rotatable bonds is 7. The van der Waals surface area contributed by atoms with Gasteiger partial charge in [-0.1, -0.05) is 49.6 Å². The average molecular weight is 405 g/mol. The first kappa shape index (κ1) is 21.4. The van der Waals surface area contributed by atoms with E-state index in [1.54, 1.807) is 25.3 Å². The Morgan fingerprint density at radius 1 is 1.27 bits per heavy atom. The predicted octanol–water partition coefficient (Wildman–Crippen LogP) is 4.50. The molecule has 5 nitrogen and oxygen atoms in total. The van der Waals surface area contributed by atoms with Crippen molar-refractivity contribution in [1.29, 1.82) is 0 Å². The molecule has 0 spiro atoms. The second kappa shape index (κ2) is 9.44. The number of ketones is 1. The van der Waals surface area contributed by atoms with Gasteiger partial charge in [0.1, 0.15) is 12.4 Å². The van der Waals surface area contributed by atoms with E-state index >= 15 is 0 Å². The second-order valence-electron chi connectivity index (χ2n) is 7.39. The maximum absolute atomic E-state index is 12.9. The Balaban J connectivity index is 1.75. The van der Waals surface area contributed by atoms with Gasteiger partial charge in [0.25, 0.3) is 0 Å². The van der Waals surface area contributed by atoms with E-state index in [0.717, 1.165) is 28.3 Å². The summed E-state index contributed by atoms with van der Waals surface area (Å²) in [5.41, 5.74) is 4.55. The van der Waals surface area contributed by atoms with E-state index in [4.69, 9.17) is 9.47 Å². The summed E-state index contributed by atoms with van der Waals surface area (Å²) in [7, 11) is 1.64. The highest BCUT2D eigenvalue weighted by Crippen LogP contribution is 2.41. The van der Waals surface area contributed by atoms with Crippen LogP contribution in [0.2, 0.25) is 0 Å². The molecule has 0 amide bonds. The number of Topliss-reactive ketones (excluding diaryl/α,β-unsaturated/α-hetero) is 1. The Morgan fingerprint density at radius 2 is 2.03 bits per heavy atom. The maximum Gasteiger partial charge on any atom is 0.336 e. The number of allylic oxidation sites excluding steroid dienone is 5. The van der Waals surface area contributed by atoms with E-state index in [0.29, 0.717) is 30.4 Å². The topological polar surface area (TPSA) is 64.6 Å². The lowest BCUT2D eigenvalue weighted by molar-refractivity contribution is -0.138. The minimum atomic E-state index is -0.428. The van der Waals surface area contributed by atoms with Crippen LogP contribution < -0.4 is 10.1 Å². The lowest BCUT2D eigenvalue weighted by Gasteiger charge is -2.32. The highest BCUT2D eigenvalue weighted by molar-refractivity contribution is 6.01. The Morgan fingerprint density at radius 3 is 2.73 bits per heavy atom. The standard InChI is InChI=1S/C25H27NO4/c1-5-9-17(6-2)15-30-25(28)20-14-21-22(26-16(20)3)12-18(13-23(21)27)19-10-7-8-11-24(19)29-4/h5-11,18,26H,1-2,12-15H2,3-4H3/b17-9+/t18-/m1/s1. The van der Waals surface area contributed by atoms with Gasteiger partial charge >= 0.3 is 5.97 Å². The third-order valence-corrected chi connectivity index (χ3v) is 5.52. The molecule has 0 aromatic heterocycles. The van der Waals surface area contributed by atoms with Gasteiger partial charge in [-0.2, -0.15) is 0 Å². The number of dihydropyridines is 1. The number of methoxy groups -OCH3 is 1. The van der Waals surface area contributed by atoms with Crippen molar-refractivity contribution >= 4 is 11.8 Å². The molecule has 1 N–H and O–H groups in total. The summed E-state index contributed by atoms with van der Waals surface area (Å²) in [5, 5.41) is 3.29. The van der Waals surface area contributed by atoms with Crippen LogP contribution >= 0.6 is 0 Å². The van der Waals surface area contributed by atoms with E-state index in [9.17, 15) is 9.59 Å². The summed E-state index contributed by atoms with van der Waals surface area (Å²) >= 11 is 0. The summed E-state index contributed by atoms with van der Waals surface area (Å²) < 4.78 is 10.9. The molecule has 5 heteroatoms. The maximum atomic E-state index is 12.9. The molecule has 1 aromatic rings. The van der Waals surface area contributed by atoms with Gasteiger partial charge in [-0.15, -0.1) is 0 Å². The lowest BCUT2D eigenvalue weighted by Crippen LogP contribution is -2.31. The van der Waals surface area contributed by atoms with Crippen LogP contribution in [0.15, 0.2) is 83.8 Å². The summed E-state index contributed by atoms with van der Waals surface area (Å²) in [6.07, 6.45) is 6.36. The molecule has 1 aliphatic carbocycles. The SMILES string of the molecule is C=C/C=C(\C=C)COC(=O)C1=C(C)NC2=C(C1)C(=O)C[C@H](c1ccccc1OC)C2. The molecule has 0 fully saturated rings. The molecule has 0 bridgehead atoms. The van der Waals surface area contributed by atoms with Crippen LogP contribution in [0.3, 0.4) is 0 Å². The van der Waals surface area contributed by atoms with Crippen molar-refractivity contribution in [2.45, 2.75) is 32.1 Å². The number of para-hydroxylation sites is 1. The molecule has 0 saturated carbocycles. The van der Waals surface area contributed by atoms with E-state index in [1.807, 2.05) is 31.2 Å². The molecular formula is C25H27NO4. The van der Waals surface area contributed by atoms with Crippen LogP contribution in [0.1, 0.15) is 37.7 Å². The normalized spacial score (nSPS) is 19.1. The van der Waals surface area contributed by atoms with Crippen LogP contribution in [0.4, 0.5) is 0 Å². The van der Waals surface area contributed by atoms with Crippen molar-refractivity contribution in [3.8, 4) is 5.75 Å². The first-order chi connectivity index (χ1) is 14.5. The number of nitrogens with one attached hydrogen (secondary N) is 1. The van der Waals surface area contributed by atoms with Gasteiger partial charge in [-0.25, -0.2) is 4.79 Å². The summed E-state index contributed by atoms with van der Waals surface area (Å²) in [4.78, 5) is 25.6. The molecule has 0 unspecified atom stereocenters. The first-order valence-corrected chi connectivity index (χ1v) is 9.94. The third-order valence-electron chi connectivity index (χ3n) is 5.52. The monoisotopic (exact) mass is 405 g/mol. The number of hydrogen-bond donors (Lipinski definition) is 1. The van der Waals surface area contributed by atoms with Crippen LogP contribution in [0.5, 0.6) is 5.75 Å². The van der Waals surface area contributed by atoms with E-state index < -0.39 is 5.97 Å². The fourth-order valence-electron chi connectivity index (χ4n) is 3.91. The Kier molecular flexibility index (Phi) is 6.72. The zero-order valence-electron chi connectivity index (χ0n) is 17.5. The van der Waals surface area contributed by atoms with Gasteiger partial charge in [0, 0.05) is 35.7 Å². The average Bonchev–Trinajstić information content (AvgIpc) is 2.75. The second-order valence-corrected chi connectivity index (χ2v) is 7.39. The number of carbonyl (C=O) groups excluding carboxylic acids is 2. The summed E-state index contributed by atoms with van der Waals surface area (Å²) in [5.74, 6) is 0.455. The molecule has 2 aliphatic rings. The molecule has 1 aliphatic heterocycles. The molecule has 1 heterocycles. The predicted molar refractivity (Wildman–Crippen MR) is 117 cm³/mol. The minimum Gasteiger partial charge on any atom is -0.496 e. The van der Waals surface area contributed by atoms with E-state index in [-0.39, 0.29) is 18.3 Å². The molecule has 156 valence electrons. The molecule has 0 radical (unpaired) electrons. The number of hydrogen-bond acceptors (Lipinski definition) is 5. The van der Waals surface area contributed by atoms with Gasteiger partial charge in [0.05, 0.1) is 12.7 Å². The number of esters is 1. The lowest BCUT2D eigenvalue weighted by atomic mass is 9.78. The molecule has 1 aromatic carbocycles. The van der Waals surface area contributed by atoms with Gasteiger partial charge in [-0.3, -0.25) is 4.79 Å². The van der Waals surface area contributed by atoms with E-state index in [1.165, 1.54) is 0 Å². The largest absolute Gasteiger partial charge is 0.496 e. The molecule has 30 heavy (non-hydrogen) atoms. The van der Waals surface area contributed by atoms with Crippen molar-refractivity contribution in [3.63, 3.8) is 0 Å². The Labute approximate surface area is 177 Å². The van der Waals surface area contributed by atoms with Crippen molar-refractivity contribution in [1.82, 2.24) is 5.32 Å². The highest BCUT2D eigenvalue weighted by Gasteiger charge is 2.34. The zero-order chi connectivity index (χ0) is 21.7. The van der Waals surface area contributed by atoms with Gasteiger partial charge in [0.2, 0.25) is 0 Å².